The van der Waals surface area contributed by atoms with E-state index in [2.05, 4.69) is 4.74 Å². The van der Waals surface area contributed by atoms with Gasteiger partial charge in [-0.1, -0.05) is 11.6 Å². The maximum atomic E-state index is 10.2. The van der Waals surface area contributed by atoms with Crippen LogP contribution in [0.2, 0.25) is 0 Å². The lowest BCUT2D eigenvalue weighted by Gasteiger charge is -2.03. The Bertz CT molecular complexity index is 146. The normalized spacial score (nSPS) is 12.2. The Labute approximate surface area is 66.7 Å². The second kappa shape index (κ2) is 4.35. The lowest BCUT2D eigenvalue weighted by Crippen LogP contribution is -2.21. The summed E-state index contributed by atoms with van der Waals surface area (Å²) in [7, 11) is 0. The zero-order valence-electron chi connectivity index (χ0n) is 4.71. The van der Waals surface area contributed by atoms with E-state index < -0.39 is 23.4 Å². The van der Waals surface area contributed by atoms with Gasteiger partial charge in [-0.05, 0) is 0 Å². The van der Waals surface area contributed by atoms with Gasteiger partial charge in [0.05, 0.1) is 0 Å². The molecule has 58 valence electrons. The minimum absolute atomic E-state index is 0.406. The van der Waals surface area contributed by atoms with Gasteiger partial charge < -0.3 is 9.84 Å². The number of carboxylic acid groups (broad SMARTS) is 1. The van der Waals surface area contributed by atoms with E-state index in [1.807, 2.05) is 0 Å². The van der Waals surface area contributed by atoms with Crippen LogP contribution in [-0.2, 0) is 14.3 Å². The molecule has 4 nitrogen and oxygen atoms in total. The van der Waals surface area contributed by atoms with Crippen LogP contribution in [0.4, 0.5) is 0 Å². The van der Waals surface area contributed by atoms with Crippen molar-refractivity contribution in [1.82, 2.24) is 0 Å². The van der Waals surface area contributed by atoms with E-state index >= 15 is 0 Å². The number of hydrogen-bond donors (Lipinski definition) is 1. The second-order valence-electron chi connectivity index (χ2n) is 1.28. The van der Waals surface area contributed by atoms with E-state index in [-0.39, 0.29) is 0 Å². The highest BCUT2D eigenvalue weighted by atomic mass is 35.5. The van der Waals surface area contributed by atoms with Gasteiger partial charge in [0.15, 0.2) is 0 Å². The first-order valence-electron chi connectivity index (χ1n) is 2.20. The molecule has 0 aromatic rings. The molecule has 0 aromatic carbocycles. The molecule has 0 spiro atoms. The van der Waals surface area contributed by atoms with E-state index in [0.29, 0.717) is 0 Å². The average molecular weight is 187 g/mol. The van der Waals surface area contributed by atoms with E-state index in [0.717, 1.165) is 0 Å². The summed E-state index contributed by atoms with van der Waals surface area (Å²) in [6.07, 6.45) is 0. The summed E-state index contributed by atoms with van der Waals surface area (Å²) >= 11 is 9.96. The highest BCUT2D eigenvalue weighted by molar-refractivity contribution is 6.30. The Morgan fingerprint density at radius 1 is 1.60 bits per heavy atom. The molecule has 0 bridgehead atoms. The summed E-state index contributed by atoms with van der Waals surface area (Å²) in [4.78, 5) is 20.1. The maximum absolute atomic E-state index is 10.2. The smallest absolute Gasteiger partial charge is 0.361 e. The second-order valence-corrected chi connectivity index (χ2v) is 1.94. The number of carbonyl (C=O) groups is 2. The van der Waals surface area contributed by atoms with Crippen LogP contribution in [-0.4, -0.2) is 28.5 Å². The number of hydrogen-bond acceptors (Lipinski definition) is 3. The number of rotatable bonds is 3. The zero-order valence-corrected chi connectivity index (χ0v) is 6.22. The van der Waals surface area contributed by atoms with Crippen LogP contribution >= 0.6 is 23.2 Å². The van der Waals surface area contributed by atoms with Crippen molar-refractivity contribution in [2.75, 3.05) is 5.88 Å². The quantitative estimate of drug-likeness (QED) is 0.513. The molecule has 1 N–H and O–H groups in total. The molecule has 0 saturated heterocycles. The first-order chi connectivity index (χ1) is 4.57. The number of esters is 1. The van der Waals surface area contributed by atoms with Crippen LogP contribution in [0.15, 0.2) is 0 Å². The molecule has 0 aliphatic rings. The van der Waals surface area contributed by atoms with Crippen LogP contribution in [0.1, 0.15) is 0 Å². The van der Waals surface area contributed by atoms with Gasteiger partial charge >= 0.3 is 11.9 Å². The number of carbonyl (C=O) groups excluding carboxylic acids is 1. The third-order valence-electron chi connectivity index (χ3n) is 0.538. The molecule has 0 amide bonds. The first kappa shape index (κ1) is 9.52. The Morgan fingerprint density at radius 3 is 2.40 bits per heavy atom. The molecule has 0 rings (SSSR count). The van der Waals surface area contributed by atoms with Gasteiger partial charge in [0, 0.05) is 0 Å². The summed E-state index contributed by atoms with van der Waals surface area (Å²) in [6.45, 7) is 0. The fourth-order valence-electron chi connectivity index (χ4n) is 0.197. The molecular formula is C4H4Cl2O4. The number of ether oxygens (including phenoxy) is 1. The summed E-state index contributed by atoms with van der Waals surface area (Å²) in [5, 5.41) is 8.07. The molecule has 0 saturated carbocycles. The SMILES string of the molecule is O=C(CCl)OC(Cl)C(=O)O. The summed E-state index contributed by atoms with van der Waals surface area (Å²) < 4.78 is 4.06. The zero-order chi connectivity index (χ0) is 8.15. The summed E-state index contributed by atoms with van der Waals surface area (Å²) in [5.74, 6) is -2.68. The molecule has 0 radical (unpaired) electrons. The maximum Gasteiger partial charge on any atom is 0.361 e. The van der Waals surface area contributed by atoms with Gasteiger partial charge in [0.25, 0.3) is 5.56 Å². The number of halogens is 2. The van der Waals surface area contributed by atoms with Crippen molar-refractivity contribution in [3.8, 4) is 0 Å². The third kappa shape index (κ3) is 3.53. The van der Waals surface area contributed by atoms with Crippen molar-refractivity contribution in [2.24, 2.45) is 0 Å². The lowest BCUT2D eigenvalue weighted by molar-refractivity contribution is -0.156. The summed E-state index contributed by atoms with van der Waals surface area (Å²) in [5.41, 5.74) is -1.65. The van der Waals surface area contributed by atoms with Crippen molar-refractivity contribution >= 4 is 35.1 Å². The highest BCUT2D eigenvalue weighted by Gasteiger charge is 2.17. The van der Waals surface area contributed by atoms with Gasteiger partial charge in [-0.2, -0.15) is 0 Å². The van der Waals surface area contributed by atoms with E-state index in [9.17, 15) is 9.59 Å². The fourth-order valence-corrected chi connectivity index (χ4v) is 0.360. The van der Waals surface area contributed by atoms with Crippen LogP contribution in [0.3, 0.4) is 0 Å². The molecule has 0 aromatic heterocycles. The molecular weight excluding hydrogens is 183 g/mol. The number of carboxylic acids is 1. The Kier molecular flexibility index (Phi) is 4.14. The fraction of sp³-hybridized carbons (Fsp3) is 0.500. The average Bonchev–Trinajstić information content (AvgIpc) is 1.87. The van der Waals surface area contributed by atoms with Crippen molar-refractivity contribution in [3.63, 3.8) is 0 Å². The molecule has 1 unspecified atom stereocenters. The Hall–Kier alpha value is -0.480. The van der Waals surface area contributed by atoms with Crippen molar-refractivity contribution in [2.45, 2.75) is 5.56 Å². The van der Waals surface area contributed by atoms with Crippen molar-refractivity contribution < 1.29 is 19.4 Å². The predicted molar refractivity (Wildman–Crippen MR) is 34.1 cm³/mol. The minimum atomic E-state index is -1.65. The molecule has 0 aliphatic carbocycles. The standard InChI is InChI=1S/C4H4Cl2O4/c5-1-2(7)10-3(6)4(8)9/h3H,1H2,(H,8,9). The molecule has 0 fully saturated rings. The molecule has 1 atom stereocenters. The minimum Gasteiger partial charge on any atom is -0.478 e. The highest BCUT2D eigenvalue weighted by Crippen LogP contribution is 1.98. The third-order valence-corrected chi connectivity index (χ3v) is 1.03. The molecule has 10 heavy (non-hydrogen) atoms. The van der Waals surface area contributed by atoms with Gasteiger partial charge in [-0.15, -0.1) is 11.6 Å². The van der Waals surface area contributed by atoms with Crippen LogP contribution in [0, 0.1) is 0 Å². The Morgan fingerprint density at radius 2 is 2.10 bits per heavy atom. The first-order valence-corrected chi connectivity index (χ1v) is 3.17. The van der Waals surface area contributed by atoms with Gasteiger partial charge in [0.1, 0.15) is 5.88 Å². The molecule has 0 aliphatic heterocycles. The lowest BCUT2D eigenvalue weighted by atomic mass is 10.7. The summed E-state index contributed by atoms with van der Waals surface area (Å²) in [6, 6.07) is 0. The van der Waals surface area contributed by atoms with Crippen LogP contribution < -0.4 is 0 Å². The van der Waals surface area contributed by atoms with E-state index in [1.165, 1.54) is 0 Å². The van der Waals surface area contributed by atoms with Crippen molar-refractivity contribution in [1.29, 1.82) is 0 Å². The Balaban J connectivity index is 3.68. The number of aliphatic carboxylic acids is 1. The van der Waals surface area contributed by atoms with E-state index in [1.54, 1.807) is 0 Å². The largest absolute Gasteiger partial charge is 0.478 e. The topological polar surface area (TPSA) is 63.6 Å². The van der Waals surface area contributed by atoms with Crippen molar-refractivity contribution in [3.05, 3.63) is 0 Å². The van der Waals surface area contributed by atoms with Gasteiger partial charge in [-0.25, -0.2) is 4.79 Å². The monoisotopic (exact) mass is 186 g/mol. The van der Waals surface area contributed by atoms with Gasteiger partial charge in [0.2, 0.25) is 0 Å². The molecule has 6 heteroatoms. The number of alkyl halides is 2. The van der Waals surface area contributed by atoms with Gasteiger partial charge in [-0.3, -0.25) is 4.79 Å². The van der Waals surface area contributed by atoms with Crippen LogP contribution in [0.25, 0.3) is 0 Å². The van der Waals surface area contributed by atoms with E-state index in [4.69, 9.17) is 28.3 Å². The molecule has 0 heterocycles. The van der Waals surface area contributed by atoms with Crippen LogP contribution in [0.5, 0.6) is 0 Å². The predicted octanol–water partition coefficient (Wildman–Crippen LogP) is 0.418.